The van der Waals surface area contributed by atoms with Crippen molar-refractivity contribution in [1.82, 2.24) is 24.4 Å². The van der Waals surface area contributed by atoms with Gasteiger partial charge in [0.1, 0.15) is 5.56 Å². The van der Waals surface area contributed by atoms with E-state index in [1.54, 1.807) is 21.8 Å². The molecular formula is C23H26N6O3. The number of benzene rings is 1. The molecule has 1 atom stereocenters. The summed E-state index contributed by atoms with van der Waals surface area (Å²) < 4.78 is 7.38. The van der Waals surface area contributed by atoms with Crippen LogP contribution in [0.1, 0.15) is 15.9 Å². The molecule has 2 saturated heterocycles. The Morgan fingerprint density at radius 3 is 2.56 bits per heavy atom. The first kappa shape index (κ1) is 20.4. The number of morpholine rings is 1. The average molecular weight is 435 g/mol. The molecule has 2 aliphatic rings. The number of amides is 2. The number of aryl methyl sites for hydroxylation is 1. The number of nitrogens with zero attached hydrogens (tertiary/aromatic N) is 6. The zero-order chi connectivity index (χ0) is 22.1. The molecule has 9 nitrogen and oxygen atoms in total. The summed E-state index contributed by atoms with van der Waals surface area (Å²) in [6.07, 6.45) is 4.45. The number of hydrogen-bond acceptors (Lipinski definition) is 6. The lowest BCUT2D eigenvalue weighted by Crippen LogP contribution is -2.56. The quantitative estimate of drug-likeness (QED) is 0.617. The topological polar surface area (TPSA) is 83.3 Å². The predicted molar refractivity (Wildman–Crippen MR) is 119 cm³/mol. The average Bonchev–Trinajstić information content (AvgIpc) is 3.27. The highest BCUT2D eigenvalue weighted by Crippen LogP contribution is 2.19. The highest BCUT2D eigenvalue weighted by Gasteiger charge is 2.34. The van der Waals surface area contributed by atoms with Crippen LogP contribution in [0.3, 0.4) is 0 Å². The number of fused-ring (bicyclic) bond motifs is 1. The number of rotatable bonds is 3. The van der Waals surface area contributed by atoms with Crippen LogP contribution in [0, 0.1) is 6.92 Å². The Kier molecular flexibility index (Phi) is 5.48. The standard InChI is InChI=1S/C23H26N6O3/c1-17-13-24-21-19(14-25-29(21)15-17)22(30)28-11-12-32-20(16-28)23(31)27-9-7-26(8-10-27)18-5-3-2-4-6-18/h2-6,13-15,20H,7-12,16H2,1H3/t20-/m0/s1. The first-order valence-electron chi connectivity index (χ1n) is 10.9. The Labute approximate surface area is 186 Å². The highest BCUT2D eigenvalue weighted by molar-refractivity contribution is 6.00. The van der Waals surface area contributed by atoms with Crippen molar-refractivity contribution in [3.8, 4) is 0 Å². The molecule has 9 heteroatoms. The lowest BCUT2D eigenvalue weighted by atomic mass is 10.2. The van der Waals surface area contributed by atoms with Gasteiger partial charge in [-0.3, -0.25) is 9.59 Å². The molecule has 1 aromatic carbocycles. The smallest absolute Gasteiger partial charge is 0.259 e. The van der Waals surface area contributed by atoms with Gasteiger partial charge < -0.3 is 19.4 Å². The third-order valence-corrected chi connectivity index (χ3v) is 6.06. The molecule has 2 aromatic heterocycles. The lowest BCUT2D eigenvalue weighted by Gasteiger charge is -2.39. The maximum absolute atomic E-state index is 13.1. The van der Waals surface area contributed by atoms with E-state index in [1.165, 1.54) is 5.69 Å². The number of aromatic nitrogens is 3. The van der Waals surface area contributed by atoms with Gasteiger partial charge in [-0.05, 0) is 24.6 Å². The van der Waals surface area contributed by atoms with Gasteiger partial charge in [-0.2, -0.15) is 5.10 Å². The van der Waals surface area contributed by atoms with Crippen molar-refractivity contribution in [3.05, 3.63) is 60.0 Å². The van der Waals surface area contributed by atoms with Crippen LogP contribution in [-0.2, 0) is 9.53 Å². The molecule has 2 amide bonds. The van der Waals surface area contributed by atoms with E-state index in [0.717, 1.165) is 18.7 Å². The molecule has 0 N–H and O–H groups in total. The zero-order valence-electron chi connectivity index (χ0n) is 18.1. The van der Waals surface area contributed by atoms with E-state index in [-0.39, 0.29) is 18.4 Å². The second kappa shape index (κ2) is 8.58. The minimum atomic E-state index is -0.645. The Balaban J connectivity index is 1.23. The maximum atomic E-state index is 13.1. The van der Waals surface area contributed by atoms with Crippen LogP contribution < -0.4 is 4.90 Å². The van der Waals surface area contributed by atoms with Crippen molar-refractivity contribution in [3.63, 3.8) is 0 Å². The van der Waals surface area contributed by atoms with E-state index in [9.17, 15) is 9.59 Å². The van der Waals surface area contributed by atoms with Crippen molar-refractivity contribution in [2.24, 2.45) is 0 Å². The number of ether oxygens (including phenoxy) is 1. The summed E-state index contributed by atoms with van der Waals surface area (Å²) in [5, 5.41) is 4.25. The molecule has 0 unspecified atom stereocenters. The first-order chi connectivity index (χ1) is 15.6. The second-order valence-electron chi connectivity index (χ2n) is 8.22. The molecule has 166 valence electrons. The van der Waals surface area contributed by atoms with Crippen molar-refractivity contribution in [2.75, 3.05) is 50.8 Å². The van der Waals surface area contributed by atoms with Crippen molar-refractivity contribution in [1.29, 1.82) is 0 Å². The third-order valence-electron chi connectivity index (χ3n) is 6.06. The van der Waals surface area contributed by atoms with Crippen molar-refractivity contribution < 1.29 is 14.3 Å². The SMILES string of the molecule is Cc1cnc2c(C(=O)N3CCO[C@H](C(=O)N4CCN(c5ccccc5)CC4)C3)cnn2c1. The second-order valence-corrected chi connectivity index (χ2v) is 8.22. The van der Waals surface area contributed by atoms with E-state index in [4.69, 9.17) is 4.74 Å². The fraction of sp³-hybridized carbons (Fsp3) is 0.391. The zero-order valence-corrected chi connectivity index (χ0v) is 18.1. The molecular weight excluding hydrogens is 408 g/mol. The minimum absolute atomic E-state index is 0.0520. The molecule has 0 radical (unpaired) electrons. The molecule has 5 rings (SSSR count). The molecule has 2 aliphatic heterocycles. The molecule has 32 heavy (non-hydrogen) atoms. The Hall–Kier alpha value is -3.46. The van der Waals surface area contributed by atoms with Gasteiger partial charge >= 0.3 is 0 Å². The fourth-order valence-corrected chi connectivity index (χ4v) is 4.30. The monoisotopic (exact) mass is 434 g/mol. The number of para-hydroxylation sites is 1. The normalized spacial score (nSPS) is 19.4. The fourth-order valence-electron chi connectivity index (χ4n) is 4.30. The Bertz CT molecular complexity index is 1120. The minimum Gasteiger partial charge on any atom is -0.368 e. The molecule has 2 fully saturated rings. The molecule has 0 spiro atoms. The van der Waals surface area contributed by atoms with Gasteiger partial charge in [-0.25, -0.2) is 9.50 Å². The van der Waals surface area contributed by atoms with Crippen LogP contribution in [0.2, 0.25) is 0 Å². The molecule has 0 saturated carbocycles. The summed E-state index contributed by atoms with van der Waals surface area (Å²) in [6, 6.07) is 10.2. The van der Waals surface area contributed by atoms with Crippen LogP contribution in [-0.4, -0.2) is 88.2 Å². The molecule has 0 aliphatic carbocycles. The third kappa shape index (κ3) is 3.91. The summed E-state index contributed by atoms with van der Waals surface area (Å²) in [4.78, 5) is 36.4. The lowest BCUT2D eigenvalue weighted by molar-refractivity contribution is -0.148. The number of anilines is 1. The largest absolute Gasteiger partial charge is 0.368 e. The first-order valence-corrected chi connectivity index (χ1v) is 10.9. The van der Waals surface area contributed by atoms with Gasteiger partial charge in [0.15, 0.2) is 11.8 Å². The summed E-state index contributed by atoms with van der Waals surface area (Å²) in [7, 11) is 0. The van der Waals surface area contributed by atoms with Gasteiger partial charge in [-0.15, -0.1) is 0 Å². The van der Waals surface area contributed by atoms with Gasteiger partial charge in [0.2, 0.25) is 0 Å². The molecule has 4 heterocycles. The van der Waals surface area contributed by atoms with Gasteiger partial charge in [0, 0.05) is 50.8 Å². The van der Waals surface area contributed by atoms with Crippen LogP contribution in [0.5, 0.6) is 0 Å². The van der Waals surface area contributed by atoms with Crippen molar-refractivity contribution >= 4 is 23.1 Å². The van der Waals surface area contributed by atoms with E-state index in [0.29, 0.717) is 37.5 Å². The maximum Gasteiger partial charge on any atom is 0.259 e. The van der Waals surface area contributed by atoms with Crippen molar-refractivity contribution in [2.45, 2.75) is 13.0 Å². The van der Waals surface area contributed by atoms with E-state index in [2.05, 4.69) is 27.1 Å². The Morgan fingerprint density at radius 2 is 1.78 bits per heavy atom. The highest BCUT2D eigenvalue weighted by atomic mass is 16.5. The number of piperazine rings is 1. The van der Waals surface area contributed by atoms with Crippen LogP contribution in [0.25, 0.3) is 5.65 Å². The van der Waals surface area contributed by atoms with E-state index >= 15 is 0 Å². The van der Waals surface area contributed by atoms with Crippen LogP contribution >= 0.6 is 0 Å². The number of carbonyl (C=O) groups is 2. The summed E-state index contributed by atoms with van der Waals surface area (Å²) in [5.41, 5.74) is 3.09. The number of hydrogen-bond donors (Lipinski definition) is 0. The van der Waals surface area contributed by atoms with Gasteiger partial charge in [0.25, 0.3) is 11.8 Å². The summed E-state index contributed by atoms with van der Waals surface area (Å²) in [5.74, 6) is -0.227. The predicted octanol–water partition coefficient (Wildman–Crippen LogP) is 1.23. The van der Waals surface area contributed by atoms with Crippen LogP contribution in [0.4, 0.5) is 5.69 Å². The van der Waals surface area contributed by atoms with Gasteiger partial charge in [-0.1, -0.05) is 18.2 Å². The Morgan fingerprint density at radius 1 is 1.00 bits per heavy atom. The van der Waals surface area contributed by atoms with E-state index in [1.807, 2.05) is 36.2 Å². The van der Waals surface area contributed by atoms with Crippen LogP contribution in [0.15, 0.2) is 48.9 Å². The number of carbonyl (C=O) groups excluding carboxylic acids is 2. The van der Waals surface area contributed by atoms with Gasteiger partial charge in [0.05, 0.1) is 19.3 Å². The summed E-state index contributed by atoms with van der Waals surface area (Å²) in [6.45, 7) is 5.76. The molecule has 3 aromatic rings. The summed E-state index contributed by atoms with van der Waals surface area (Å²) >= 11 is 0. The van der Waals surface area contributed by atoms with E-state index < -0.39 is 6.10 Å². The molecule has 0 bridgehead atoms.